The van der Waals surface area contributed by atoms with E-state index in [1.54, 1.807) is 0 Å². The lowest BCUT2D eigenvalue weighted by atomic mass is 9.89. The summed E-state index contributed by atoms with van der Waals surface area (Å²) >= 11 is 0. The molecule has 0 heterocycles. The first kappa shape index (κ1) is 9.83. The standard InChI is InChI=1S/C11H14N2O2/c12-9-3-1-8-6-10(15-11(13)14)4-2-7(8)5-9/h1,3,5,10H,2,4,6,12H2,(H2,13,14). The van der Waals surface area contributed by atoms with Crippen LogP contribution in [0.4, 0.5) is 10.5 Å². The van der Waals surface area contributed by atoms with Crippen molar-refractivity contribution in [2.75, 3.05) is 5.73 Å². The third kappa shape index (κ3) is 2.21. The number of amides is 1. The van der Waals surface area contributed by atoms with Crippen LogP contribution in [0.3, 0.4) is 0 Å². The maximum atomic E-state index is 10.6. The predicted molar refractivity (Wildman–Crippen MR) is 57.3 cm³/mol. The fraction of sp³-hybridized carbons (Fsp3) is 0.364. The molecule has 1 unspecified atom stereocenters. The van der Waals surface area contributed by atoms with Crippen molar-refractivity contribution >= 4 is 11.8 Å². The molecule has 4 heteroatoms. The summed E-state index contributed by atoms with van der Waals surface area (Å²) in [4.78, 5) is 10.6. The van der Waals surface area contributed by atoms with Gasteiger partial charge in [-0.2, -0.15) is 0 Å². The number of ether oxygens (including phenoxy) is 1. The summed E-state index contributed by atoms with van der Waals surface area (Å²) in [5.41, 5.74) is 13.9. The number of hydrogen-bond acceptors (Lipinski definition) is 3. The predicted octanol–water partition coefficient (Wildman–Crippen LogP) is 1.22. The highest BCUT2D eigenvalue weighted by molar-refractivity contribution is 5.65. The third-order valence-corrected chi connectivity index (χ3v) is 2.70. The number of aryl methyl sites for hydroxylation is 1. The number of primary amides is 1. The van der Waals surface area contributed by atoms with Crippen LogP contribution in [0, 0.1) is 0 Å². The van der Waals surface area contributed by atoms with Gasteiger partial charge in [-0.15, -0.1) is 0 Å². The molecule has 0 saturated heterocycles. The zero-order valence-corrected chi connectivity index (χ0v) is 8.40. The molecule has 15 heavy (non-hydrogen) atoms. The molecule has 4 nitrogen and oxygen atoms in total. The summed E-state index contributed by atoms with van der Waals surface area (Å²) in [5.74, 6) is 0. The molecule has 1 aromatic rings. The lowest BCUT2D eigenvalue weighted by Gasteiger charge is -2.24. The minimum atomic E-state index is -0.695. The molecule has 0 bridgehead atoms. The van der Waals surface area contributed by atoms with Crippen LogP contribution in [0.15, 0.2) is 18.2 Å². The van der Waals surface area contributed by atoms with Crippen LogP contribution in [0.25, 0.3) is 0 Å². The maximum absolute atomic E-state index is 10.6. The Labute approximate surface area is 88.2 Å². The van der Waals surface area contributed by atoms with E-state index in [-0.39, 0.29) is 6.10 Å². The van der Waals surface area contributed by atoms with Gasteiger partial charge in [0.1, 0.15) is 6.10 Å². The summed E-state index contributed by atoms with van der Waals surface area (Å²) in [7, 11) is 0. The molecule has 2 rings (SSSR count). The number of nitrogen functional groups attached to an aromatic ring is 1. The van der Waals surface area contributed by atoms with Crippen molar-refractivity contribution in [3.05, 3.63) is 29.3 Å². The van der Waals surface area contributed by atoms with Crippen LogP contribution < -0.4 is 11.5 Å². The first-order valence-electron chi connectivity index (χ1n) is 4.98. The zero-order chi connectivity index (χ0) is 10.8. The van der Waals surface area contributed by atoms with Crippen LogP contribution in [0.5, 0.6) is 0 Å². The van der Waals surface area contributed by atoms with Crippen LogP contribution in [0.2, 0.25) is 0 Å². The molecule has 0 fully saturated rings. The van der Waals surface area contributed by atoms with Gasteiger partial charge in [0.25, 0.3) is 0 Å². The topological polar surface area (TPSA) is 78.3 Å². The van der Waals surface area contributed by atoms with E-state index in [0.29, 0.717) is 0 Å². The van der Waals surface area contributed by atoms with Gasteiger partial charge >= 0.3 is 6.09 Å². The van der Waals surface area contributed by atoms with E-state index in [9.17, 15) is 4.79 Å². The highest BCUT2D eigenvalue weighted by Crippen LogP contribution is 2.24. The Hall–Kier alpha value is -1.71. The van der Waals surface area contributed by atoms with Gasteiger partial charge in [0.2, 0.25) is 0 Å². The minimum Gasteiger partial charge on any atom is -0.446 e. The average molecular weight is 206 g/mol. The first-order chi connectivity index (χ1) is 7.15. The number of carbonyl (C=O) groups is 1. The summed E-state index contributed by atoms with van der Waals surface area (Å²) in [6, 6.07) is 5.84. The molecule has 1 amide bonds. The molecule has 4 N–H and O–H groups in total. The number of anilines is 1. The van der Waals surface area contributed by atoms with Crippen molar-refractivity contribution in [1.82, 2.24) is 0 Å². The van der Waals surface area contributed by atoms with Crippen molar-refractivity contribution in [1.29, 1.82) is 0 Å². The summed E-state index contributed by atoms with van der Waals surface area (Å²) in [6.07, 6.45) is 1.66. The molecule has 1 atom stereocenters. The molecule has 80 valence electrons. The van der Waals surface area contributed by atoms with Crippen LogP contribution in [0.1, 0.15) is 17.5 Å². The highest BCUT2D eigenvalue weighted by Gasteiger charge is 2.20. The number of carbonyl (C=O) groups excluding carboxylic acids is 1. The summed E-state index contributed by atoms with van der Waals surface area (Å²) < 4.78 is 4.99. The van der Waals surface area contributed by atoms with Gasteiger partial charge in [-0.3, -0.25) is 0 Å². The molecule has 1 aromatic carbocycles. The highest BCUT2D eigenvalue weighted by atomic mass is 16.6. The molecule has 0 aliphatic heterocycles. The number of benzene rings is 1. The Bertz CT molecular complexity index is 390. The number of rotatable bonds is 1. The first-order valence-corrected chi connectivity index (χ1v) is 4.98. The molecular formula is C11H14N2O2. The molecule has 0 aromatic heterocycles. The zero-order valence-electron chi connectivity index (χ0n) is 8.40. The normalized spacial score (nSPS) is 19.3. The monoisotopic (exact) mass is 206 g/mol. The van der Waals surface area contributed by atoms with Crippen molar-refractivity contribution in [2.24, 2.45) is 5.73 Å². The van der Waals surface area contributed by atoms with Gasteiger partial charge in [-0.05, 0) is 36.1 Å². The van der Waals surface area contributed by atoms with E-state index in [1.165, 1.54) is 11.1 Å². The smallest absolute Gasteiger partial charge is 0.404 e. The molecule has 0 saturated carbocycles. The van der Waals surface area contributed by atoms with Gasteiger partial charge in [0.15, 0.2) is 0 Å². The van der Waals surface area contributed by atoms with Gasteiger partial charge in [-0.1, -0.05) is 6.07 Å². The van der Waals surface area contributed by atoms with Gasteiger partial charge in [0, 0.05) is 12.1 Å². The molecule has 1 aliphatic carbocycles. The third-order valence-electron chi connectivity index (χ3n) is 2.70. The number of hydrogen-bond donors (Lipinski definition) is 2. The van der Waals surface area contributed by atoms with Gasteiger partial charge in [-0.25, -0.2) is 4.79 Å². The number of nitrogens with two attached hydrogens (primary N) is 2. The molecular weight excluding hydrogens is 192 g/mol. The lowest BCUT2D eigenvalue weighted by molar-refractivity contribution is 0.0980. The largest absolute Gasteiger partial charge is 0.446 e. The van der Waals surface area contributed by atoms with Gasteiger partial charge in [0.05, 0.1) is 0 Å². The summed E-state index contributed by atoms with van der Waals surface area (Å²) in [6.45, 7) is 0. The maximum Gasteiger partial charge on any atom is 0.404 e. The van der Waals surface area contributed by atoms with Crippen molar-refractivity contribution in [3.8, 4) is 0 Å². The van der Waals surface area contributed by atoms with Crippen LogP contribution in [-0.2, 0) is 17.6 Å². The van der Waals surface area contributed by atoms with E-state index in [0.717, 1.165) is 24.9 Å². The van der Waals surface area contributed by atoms with Crippen molar-refractivity contribution in [2.45, 2.75) is 25.4 Å². The Balaban J connectivity index is 2.13. The fourth-order valence-corrected chi connectivity index (χ4v) is 2.01. The molecule has 0 radical (unpaired) electrons. The van der Waals surface area contributed by atoms with E-state index < -0.39 is 6.09 Å². The van der Waals surface area contributed by atoms with Crippen molar-refractivity contribution < 1.29 is 9.53 Å². The van der Waals surface area contributed by atoms with Crippen molar-refractivity contribution in [3.63, 3.8) is 0 Å². The SMILES string of the molecule is NC(=O)OC1CCc2cc(N)ccc2C1. The molecule has 0 spiro atoms. The van der Waals surface area contributed by atoms with E-state index >= 15 is 0 Å². The molecule has 1 aliphatic rings. The van der Waals surface area contributed by atoms with E-state index in [4.69, 9.17) is 16.2 Å². The van der Waals surface area contributed by atoms with E-state index in [1.807, 2.05) is 18.2 Å². The minimum absolute atomic E-state index is 0.0846. The van der Waals surface area contributed by atoms with E-state index in [2.05, 4.69) is 0 Å². The second kappa shape index (κ2) is 3.81. The second-order valence-corrected chi connectivity index (χ2v) is 3.83. The van der Waals surface area contributed by atoms with Crippen LogP contribution in [-0.4, -0.2) is 12.2 Å². The quantitative estimate of drug-likeness (QED) is 0.678. The Morgan fingerprint density at radius 2 is 2.20 bits per heavy atom. The Morgan fingerprint density at radius 1 is 1.40 bits per heavy atom. The van der Waals surface area contributed by atoms with Gasteiger partial charge < -0.3 is 16.2 Å². The fourth-order valence-electron chi connectivity index (χ4n) is 2.01. The Morgan fingerprint density at radius 3 is 2.93 bits per heavy atom. The second-order valence-electron chi connectivity index (χ2n) is 3.83. The Kier molecular flexibility index (Phi) is 2.49. The average Bonchev–Trinajstić information content (AvgIpc) is 2.17. The number of fused-ring (bicyclic) bond motifs is 1. The van der Waals surface area contributed by atoms with Crippen LogP contribution >= 0.6 is 0 Å². The summed E-state index contributed by atoms with van der Waals surface area (Å²) in [5, 5.41) is 0. The lowest BCUT2D eigenvalue weighted by Crippen LogP contribution is -2.28.